The van der Waals surface area contributed by atoms with E-state index in [2.05, 4.69) is 42.5 Å². The molecule has 0 saturated carbocycles. The minimum atomic E-state index is 0.697. The molecule has 0 bridgehead atoms. The molecule has 0 unspecified atom stereocenters. The lowest BCUT2D eigenvalue weighted by atomic mass is 10.1. The second-order valence-corrected chi connectivity index (χ2v) is 4.48. The Kier molecular flexibility index (Phi) is 5.76. The molecule has 15 heavy (non-hydrogen) atoms. The van der Waals surface area contributed by atoms with Crippen molar-refractivity contribution >= 4 is 11.8 Å². The van der Waals surface area contributed by atoms with Crippen molar-refractivity contribution in [2.24, 2.45) is 0 Å². The molecule has 2 nitrogen and oxygen atoms in total. The molecule has 0 N–H and O–H groups in total. The van der Waals surface area contributed by atoms with Gasteiger partial charge in [-0.05, 0) is 37.4 Å². The summed E-state index contributed by atoms with van der Waals surface area (Å²) < 4.78 is 5.05. The summed E-state index contributed by atoms with van der Waals surface area (Å²) in [7, 11) is 3.80. The Bertz CT molecular complexity index is 273. The van der Waals surface area contributed by atoms with Crippen LogP contribution in [-0.2, 0) is 11.2 Å². The molecule has 3 heteroatoms. The van der Waals surface area contributed by atoms with Gasteiger partial charge in [-0.3, -0.25) is 4.90 Å². The fraction of sp³-hybridized carbons (Fsp3) is 0.500. The van der Waals surface area contributed by atoms with Gasteiger partial charge in [0.25, 0.3) is 0 Å². The van der Waals surface area contributed by atoms with E-state index in [1.165, 1.54) is 10.5 Å². The minimum absolute atomic E-state index is 0.697. The van der Waals surface area contributed by atoms with Gasteiger partial charge in [0.15, 0.2) is 0 Å². The van der Waals surface area contributed by atoms with Crippen LogP contribution in [0.15, 0.2) is 29.2 Å². The van der Waals surface area contributed by atoms with Gasteiger partial charge in [-0.1, -0.05) is 12.1 Å². The van der Waals surface area contributed by atoms with Crippen molar-refractivity contribution in [3.63, 3.8) is 0 Å². The first-order valence-electron chi connectivity index (χ1n) is 5.06. The normalized spacial score (nSPS) is 10.9. The van der Waals surface area contributed by atoms with E-state index in [9.17, 15) is 0 Å². The fourth-order valence-electron chi connectivity index (χ4n) is 1.40. The standard InChI is InChI=1S/C12H19NOS/c1-13(10-14-2)9-8-11-4-6-12(15-3)7-5-11/h4-7H,8-10H2,1-3H3. The van der Waals surface area contributed by atoms with Gasteiger partial charge in [-0.15, -0.1) is 11.8 Å². The van der Waals surface area contributed by atoms with Crippen molar-refractivity contribution in [1.82, 2.24) is 4.90 Å². The summed E-state index contributed by atoms with van der Waals surface area (Å²) in [6.45, 7) is 1.73. The van der Waals surface area contributed by atoms with Crippen molar-refractivity contribution in [2.45, 2.75) is 11.3 Å². The molecule has 0 fully saturated rings. The summed E-state index contributed by atoms with van der Waals surface area (Å²) in [5, 5.41) is 0. The molecular formula is C12H19NOS. The van der Waals surface area contributed by atoms with Gasteiger partial charge in [0.1, 0.15) is 0 Å². The quantitative estimate of drug-likeness (QED) is 0.545. The number of nitrogens with zero attached hydrogens (tertiary/aromatic N) is 1. The van der Waals surface area contributed by atoms with Crippen LogP contribution in [0, 0.1) is 0 Å². The van der Waals surface area contributed by atoms with Crippen molar-refractivity contribution < 1.29 is 4.74 Å². The highest BCUT2D eigenvalue weighted by molar-refractivity contribution is 7.98. The van der Waals surface area contributed by atoms with Crippen LogP contribution in [0.2, 0.25) is 0 Å². The number of hydrogen-bond acceptors (Lipinski definition) is 3. The Morgan fingerprint density at radius 2 is 1.93 bits per heavy atom. The van der Waals surface area contributed by atoms with E-state index in [1.807, 2.05) is 0 Å². The molecule has 0 radical (unpaired) electrons. The minimum Gasteiger partial charge on any atom is -0.369 e. The van der Waals surface area contributed by atoms with Crippen LogP contribution in [-0.4, -0.2) is 38.6 Å². The summed E-state index contributed by atoms with van der Waals surface area (Å²) in [6.07, 6.45) is 3.18. The molecule has 0 atom stereocenters. The van der Waals surface area contributed by atoms with E-state index in [1.54, 1.807) is 18.9 Å². The van der Waals surface area contributed by atoms with E-state index in [0.717, 1.165) is 13.0 Å². The Labute approximate surface area is 96.6 Å². The molecule has 0 spiro atoms. The zero-order chi connectivity index (χ0) is 11.1. The van der Waals surface area contributed by atoms with E-state index in [4.69, 9.17) is 4.74 Å². The SMILES string of the molecule is COCN(C)CCc1ccc(SC)cc1. The summed E-state index contributed by atoms with van der Waals surface area (Å²) in [5.41, 5.74) is 1.38. The molecule has 0 aliphatic heterocycles. The first-order valence-corrected chi connectivity index (χ1v) is 6.29. The molecule has 0 aromatic heterocycles. The summed E-state index contributed by atoms with van der Waals surface area (Å²) in [4.78, 5) is 3.49. The molecule has 0 aliphatic carbocycles. The Morgan fingerprint density at radius 3 is 2.47 bits per heavy atom. The zero-order valence-corrected chi connectivity index (χ0v) is 10.5. The molecule has 0 heterocycles. The van der Waals surface area contributed by atoms with Gasteiger partial charge >= 0.3 is 0 Å². The van der Waals surface area contributed by atoms with E-state index >= 15 is 0 Å². The highest BCUT2D eigenvalue weighted by atomic mass is 32.2. The fourth-order valence-corrected chi connectivity index (χ4v) is 1.81. The lowest BCUT2D eigenvalue weighted by molar-refractivity contribution is 0.0827. The lowest BCUT2D eigenvalue weighted by Crippen LogP contribution is -2.23. The third kappa shape index (κ3) is 4.69. The summed E-state index contributed by atoms with van der Waals surface area (Å²) >= 11 is 1.78. The largest absolute Gasteiger partial charge is 0.369 e. The van der Waals surface area contributed by atoms with Gasteiger partial charge < -0.3 is 4.74 Å². The maximum Gasteiger partial charge on any atom is 0.0984 e. The van der Waals surface area contributed by atoms with Gasteiger partial charge in [0.2, 0.25) is 0 Å². The zero-order valence-electron chi connectivity index (χ0n) is 9.69. The van der Waals surface area contributed by atoms with Crippen LogP contribution in [0.5, 0.6) is 0 Å². The van der Waals surface area contributed by atoms with Gasteiger partial charge in [0, 0.05) is 18.6 Å². The van der Waals surface area contributed by atoms with Crippen LogP contribution >= 0.6 is 11.8 Å². The number of thioether (sulfide) groups is 1. The topological polar surface area (TPSA) is 12.5 Å². The molecule has 0 saturated heterocycles. The summed E-state index contributed by atoms with van der Waals surface area (Å²) in [6, 6.07) is 8.76. The molecular weight excluding hydrogens is 206 g/mol. The van der Waals surface area contributed by atoms with Crippen molar-refractivity contribution in [3.8, 4) is 0 Å². The number of hydrogen-bond donors (Lipinski definition) is 0. The van der Waals surface area contributed by atoms with Crippen molar-refractivity contribution in [2.75, 3.05) is 33.7 Å². The summed E-state index contributed by atoms with van der Waals surface area (Å²) in [5.74, 6) is 0. The van der Waals surface area contributed by atoms with Crippen molar-refractivity contribution in [1.29, 1.82) is 0 Å². The van der Waals surface area contributed by atoms with Gasteiger partial charge in [-0.25, -0.2) is 0 Å². The number of ether oxygens (including phenoxy) is 1. The highest BCUT2D eigenvalue weighted by Gasteiger charge is 1.98. The predicted molar refractivity (Wildman–Crippen MR) is 66.4 cm³/mol. The van der Waals surface area contributed by atoms with Crippen LogP contribution in [0.25, 0.3) is 0 Å². The average Bonchev–Trinajstić information content (AvgIpc) is 2.27. The average molecular weight is 225 g/mol. The molecule has 1 aromatic carbocycles. The first kappa shape index (κ1) is 12.6. The highest BCUT2D eigenvalue weighted by Crippen LogP contribution is 2.15. The van der Waals surface area contributed by atoms with E-state index in [-0.39, 0.29) is 0 Å². The maximum atomic E-state index is 5.05. The molecule has 0 aliphatic rings. The number of likely N-dealkylation sites (N-methyl/N-ethyl adjacent to an activating group) is 1. The van der Waals surface area contributed by atoms with Crippen LogP contribution < -0.4 is 0 Å². The van der Waals surface area contributed by atoms with E-state index in [0.29, 0.717) is 6.73 Å². The molecule has 1 rings (SSSR count). The molecule has 84 valence electrons. The number of benzene rings is 1. The van der Waals surface area contributed by atoms with Gasteiger partial charge in [0.05, 0.1) is 6.73 Å². The number of methoxy groups -OCH3 is 1. The van der Waals surface area contributed by atoms with Crippen LogP contribution in [0.3, 0.4) is 0 Å². The van der Waals surface area contributed by atoms with Gasteiger partial charge in [-0.2, -0.15) is 0 Å². The second kappa shape index (κ2) is 6.88. The van der Waals surface area contributed by atoms with Crippen LogP contribution in [0.4, 0.5) is 0 Å². The second-order valence-electron chi connectivity index (χ2n) is 3.60. The Balaban J connectivity index is 2.37. The third-order valence-corrected chi connectivity index (χ3v) is 3.03. The molecule has 0 amide bonds. The van der Waals surface area contributed by atoms with E-state index < -0.39 is 0 Å². The Morgan fingerprint density at radius 1 is 1.27 bits per heavy atom. The molecule has 1 aromatic rings. The first-order chi connectivity index (χ1) is 7.26. The Hall–Kier alpha value is -0.510. The number of rotatable bonds is 6. The van der Waals surface area contributed by atoms with Crippen LogP contribution in [0.1, 0.15) is 5.56 Å². The lowest BCUT2D eigenvalue weighted by Gasteiger charge is -2.14. The van der Waals surface area contributed by atoms with Crippen molar-refractivity contribution in [3.05, 3.63) is 29.8 Å². The third-order valence-electron chi connectivity index (χ3n) is 2.29. The smallest absolute Gasteiger partial charge is 0.0984 e. The predicted octanol–water partition coefficient (Wildman–Crippen LogP) is 2.49. The monoisotopic (exact) mass is 225 g/mol. The maximum absolute atomic E-state index is 5.05.